The van der Waals surface area contributed by atoms with Crippen LogP contribution in [-0.2, 0) is 26.2 Å². The minimum atomic E-state index is -3.81. The average Bonchev–Trinajstić information content (AvgIpc) is 2.81. The van der Waals surface area contributed by atoms with Gasteiger partial charge in [0, 0.05) is 13.1 Å². The van der Waals surface area contributed by atoms with Crippen LogP contribution in [0, 0.1) is 0 Å². The molecule has 2 aromatic carbocycles. The Morgan fingerprint density at radius 2 is 1.71 bits per heavy atom. The van der Waals surface area contributed by atoms with Crippen LogP contribution in [0.1, 0.15) is 32.8 Å². The fraction of sp³-hybridized carbons (Fsp3) is 0.417. The summed E-state index contributed by atoms with van der Waals surface area (Å²) in [6, 6.07) is 10.5. The normalized spacial score (nSPS) is 12.1. The number of benzene rings is 2. The van der Waals surface area contributed by atoms with Crippen LogP contribution in [0.4, 0.5) is 5.69 Å². The molecule has 0 aliphatic carbocycles. The molecule has 0 saturated heterocycles. The van der Waals surface area contributed by atoms with Crippen LogP contribution in [0.5, 0.6) is 5.75 Å². The van der Waals surface area contributed by atoms with Gasteiger partial charge in [0.25, 0.3) is 0 Å². The summed E-state index contributed by atoms with van der Waals surface area (Å²) in [5.41, 5.74) is 0.955. The lowest BCUT2D eigenvalue weighted by atomic mass is 10.1. The molecule has 35 heavy (non-hydrogen) atoms. The topological polar surface area (TPSA) is 96.0 Å². The third-order valence-electron chi connectivity index (χ3n) is 5.17. The molecule has 2 amide bonds. The lowest BCUT2D eigenvalue weighted by Crippen LogP contribution is -2.51. The van der Waals surface area contributed by atoms with E-state index in [1.54, 1.807) is 49.4 Å². The van der Waals surface area contributed by atoms with E-state index in [9.17, 15) is 18.0 Å². The predicted octanol–water partition coefficient (Wildman–Crippen LogP) is 4.10. The van der Waals surface area contributed by atoms with Gasteiger partial charge in [-0.1, -0.05) is 36.2 Å². The second-order valence-electron chi connectivity index (χ2n) is 7.93. The molecular weight excluding hydrogens is 513 g/mol. The molecule has 0 fully saturated rings. The summed E-state index contributed by atoms with van der Waals surface area (Å²) >= 11 is 12.1. The van der Waals surface area contributed by atoms with Gasteiger partial charge in [0.05, 0.1) is 28.6 Å². The molecule has 0 spiro atoms. The molecule has 192 valence electrons. The Morgan fingerprint density at radius 1 is 1.06 bits per heavy atom. The van der Waals surface area contributed by atoms with Crippen LogP contribution in [0.25, 0.3) is 0 Å². The molecular formula is C24H31Cl2N3O5S. The quantitative estimate of drug-likeness (QED) is 0.434. The van der Waals surface area contributed by atoms with Gasteiger partial charge in [-0.2, -0.15) is 0 Å². The highest BCUT2D eigenvalue weighted by molar-refractivity contribution is 7.92. The number of hydrogen-bond donors (Lipinski definition) is 1. The zero-order chi connectivity index (χ0) is 26.2. The molecule has 2 aromatic rings. The Balaban J connectivity index is 2.37. The van der Waals surface area contributed by atoms with E-state index in [1.165, 1.54) is 4.90 Å². The summed E-state index contributed by atoms with van der Waals surface area (Å²) in [7, 11) is -3.81. The van der Waals surface area contributed by atoms with Crippen molar-refractivity contribution in [3.8, 4) is 5.75 Å². The minimum absolute atomic E-state index is 0.0390. The molecule has 0 aliphatic heterocycles. The van der Waals surface area contributed by atoms with Crippen LogP contribution < -0.4 is 14.4 Å². The lowest BCUT2D eigenvalue weighted by molar-refractivity contribution is -0.139. The maximum Gasteiger partial charge on any atom is 0.244 e. The van der Waals surface area contributed by atoms with Gasteiger partial charge in [-0.05, 0) is 62.2 Å². The fourth-order valence-corrected chi connectivity index (χ4v) is 4.47. The molecule has 1 N–H and O–H groups in total. The van der Waals surface area contributed by atoms with Gasteiger partial charge >= 0.3 is 0 Å². The van der Waals surface area contributed by atoms with Gasteiger partial charge in [0.15, 0.2) is 0 Å². The van der Waals surface area contributed by atoms with Crippen molar-refractivity contribution < 1.29 is 22.7 Å². The zero-order valence-corrected chi connectivity index (χ0v) is 22.6. The molecule has 0 bridgehead atoms. The van der Waals surface area contributed by atoms with Crippen LogP contribution in [0.15, 0.2) is 42.5 Å². The van der Waals surface area contributed by atoms with Crippen molar-refractivity contribution in [2.24, 2.45) is 0 Å². The maximum absolute atomic E-state index is 13.5. The number of carbonyl (C=O) groups excluding carboxylic acids is 2. The van der Waals surface area contributed by atoms with Crippen molar-refractivity contribution in [2.75, 3.05) is 30.3 Å². The molecule has 0 aliphatic rings. The SMILES string of the molecule is CCCNC(=O)C(C)N(Cc1ccc(Cl)c(Cl)c1)C(=O)CN(c1ccc(OCC)cc1)S(C)(=O)=O. The average molecular weight is 545 g/mol. The van der Waals surface area contributed by atoms with Gasteiger partial charge in [-0.25, -0.2) is 8.42 Å². The van der Waals surface area contributed by atoms with E-state index in [-0.39, 0.29) is 12.5 Å². The summed E-state index contributed by atoms with van der Waals surface area (Å²) in [5, 5.41) is 3.46. The van der Waals surface area contributed by atoms with E-state index in [0.29, 0.717) is 40.2 Å². The standard InChI is InChI=1S/C24H31Cl2N3O5S/c1-5-13-27-24(31)17(3)28(15-18-7-12-21(25)22(26)14-18)23(30)16-29(35(4,32)33)19-8-10-20(11-9-19)34-6-2/h7-12,14,17H,5-6,13,15-16H2,1-4H3,(H,27,31). The van der Waals surface area contributed by atoms with Crippen molar-refractivity contribution in [1.29, 1.82) is 0 Å². The second-order valence-corrected chi connectivity index (χ2v) is 10.7. The third-order valence-corrected chi connectivity index (χ3v) is 7.05. The highest BCUT2D eigenvalue weighted by atomic mass is 35.5. The largest absolute Gasteiger partial charge is 0.494 e. The van der Waals surface area contributed by atoms with Crippen molar-refractivity contribution >= 4 is 50.7 Å². The van der Waals surface area contributed by atoms with Crippen molar-refractivity contribution in [2.45, 2.75) is 39.8 Å². The number of hydrogen-bond acceptors (Lipinski definition) is 5. The molecule has 11 heteroatoms. The van der Waals surface area contributed by atoms with Gasteiger partial charge in [-0.3, -0.25) is 13.9 Å². The minimum Gasteiger partial charge on any atom is -0.494 e. The van der Waals surface area contributed by atoms with Crippen LogP contribution >= 0.6 is 23.2 Å². The first-order chi connectivity index (χ1) is 16.5. The van der Waals surface area contributed by atoms with Gasteiger partial charge in [0.2, 0.25) is 21.8 Å². The molecule has 2 rings (SSSR count). The summed E-state index contributed by atoms with van der Waals surface area (Å²) in [6.45, 7) is 5.84. The number of sulfonamides is 1. The van der Waals surface area contributed by atoms with E-state index in [4.69, 9.17) is 27.9 Å². The third kappa shape index (κ3) is 8.30. The van der Waals surface area contributed by atoms with Crippen molar-refractivity contribution in [3.63, 3.8) is 0 Å². The Labute approximate surface area is 217 Å². The Kier molecular flexibility index (Phi) is 10.7. The smallest absolute Gasteiger partial charge is 0.244 e. The number of amides is 2. The fourth-order valence-electron chi connectivity index (χ4n) is 3.30. The summed E-state index contributed by atoms with van der Waals surface area (Å²) in [6.07, 6.45) is 1.76. The molecule has 0 radical (unpaired) electrons. The highest BCUT2D eigenvalue weighted by Crippen LogP contribution is 2.25. The number of nitrogens with zero attached hydrogens (tertiary/aromatic N) is 2. The van der Waals surface area contributed by atoms with Gasteiger partial charge in [-0.15, -0.1) is 0 Å². The van der Waals surface area contributed by atoms with E-state index >= 15 is 0 Å². The first-order valence-electron chi connectivity index (χ1n) is 11.2. The molecule has 8 nitrogen and oxygen atoms in total. The molecule has 1 unspecified atom stereocenters. The summed E-state index contributed by atoms with van der Waals surface area (Å²) in [4.78, 5) is 27.5. The number of ether oxygens (including phenoxy) is 1. The molecule has 1 atom stereocenters. The van der Waals surface area contributed by atoms with E-state index < -0.39 is 28.5 Å². The first-order valence-corrected chi connectivity index (χ1v) is 13.8. The lowest BCUT2D eigenvalue weighted by Gasteiger charge is -2.31. The summed E-state index contributed by atoms with van der Waals surface area (Å²) < 4.78 is 31.6. The van der Waals surface area contributed by atoms with Crippen molar-refractivity contribution in [3.05, 3.63) is 58.1 Å². The predicted molar refractivity (Wildman–Crippen MR) is 140 cm³/mol. The molecule has 0 aromatic heterocycles. The Bertz CT molecular complexity index is 1130. The van der Waals surface area contributed by atoms with Gasteiger partial charge < -0.3 is 15.0 Å². The summed E-state index contributed by atoms with van der Waals surface area (Å²) in [5.74, 6) is -0.305. The first kappa shape index (κ1) is 28.7. The zero-order valence-electron chi connectivity index (χ0n) is 20.3. The number of anilines is 1. The maximum atomic E-state index is 13.5. The van der Waals surface area contributed by atoms with E-state index in [0.717, 1.165) is 17.0 Å². The van der Waals surface area contributed by atoms with E-state index in [1.807, 2.05) is 13.8 Å². The number of rotatable bonds is 12. The van der Waals surface area contributed by atoms with Crippen molar-refractivity contribution in [1.82, 2.24) is 10.2 Å². The number of carbonyl (C=O) groups is 2. The van der Waals surface area contributed by atoms with Crippen LogP contribution in [0.2, 0.25) is 10.0 Å². The monoisotopic (exact) mass is 543 g/mol. The van der Waals surface area contributed by atoms with Crippen LogP contribution in [0.3, 0.4) is 0 Å². The molecule has 0 saturated carbocycles. The Hall–Kier alpha value is -2.49. The van der Waals surface area contributed by atoms with E-state index in [2.05, 4.69) is 5.32 Å². The number of halogens is 2. The number of nitrogens with one attached hydrogen (secondary N) is 1. The Morgan fingerprint density at radius 3 is 2.26 bits per heavy atom. The molecule has 0 heterocycles. The second kappa shape index (κ2) is 13.0. The highest BCUT2D eigenvalue weighted by Gasteiger charge is 2.30. The van der Waals surface area contributed by atoms with Crippen LogP contribution in [-0.4, -0.2) is 57.1 Å². The van der Waals surface area contributed by atoms with Gasteiger partial charge in [0.1, 0.15) is 18.3 Å².